The molecular weight excluding hydrogens is 454 g/mol. The zero-order valence-electron chi connectivity index (χ0n) is 20.2. The molecule has 3 aromatic carbocycles. The lowest BCUT2D eigenvalue weighted by atomic mass is 9.72. The molecular formula is C30H29NO5. The van der Waals surface area contributed by atoms with Crippen LogP contribution in [0.5, 0.6) is 5.75 Å². The maximum absolute atomic E-state index is 12.1. The van der Waals surface area contributed by atoms with Gasteiger partial charge in [0, 0.05) is 24.0 Å². The Kier molecular flexibility index (Phi) is 6.87. The van der Waals surface area contributed by atoms with Gasteiger partial charge < -0.3 is 9.52 Å². The Morgan fingerprint density at radius 1 is 1.00 bits per heavy atom. The van der Waals surface area contributed by atoms with Crippen molar-refractivity contribution in [2.45, 2.75) is 44.6 Å². The molecule has 0 amide bonds. The zero-order valence-corrected chi connectivity index (χ0v) is 20.2. The standard InChI is InChI=1S/C30H29NO5/c1-21(32)35-36-26-17-10-11-22(20-26)19-25-16-8-9-18-30(25,33)29-31-27(23-12-4-2-5-13-23)28(34-29)24-14-6-3-7-15-24/h2-7,10-15,17,20,25,33H,8-9,16,18-19H2,1H3/t25-,30-/m0/s1. The Morgan fingerprint density at radius 2 is 1.72 bits per heavy atom. The van der Waals surface area contributed by atoms with Crippen molar-refractivity contribution >= 4 is 5.97 Å². The first-order valence-electron chi connectivity index (χ1n) is 12.3. The smallest absolute Gasteiger partial charge is 0.352 e. The Balaban J connectivity index is 1.50. The molecule has 6 heteroatoms. The van der Waals surface area contributed by atoms with Gasteiger partial charge in [0.2, 0.25) is 5.89 Å². The van der Waals surface area contributed by atoms with Crippen molar-refractivity contribution in [2.75, 3.05) is 0 Å². The van der Waals surface area contributed by atoms with Gasteiger partial charge in [-0.3, -0.25) is 9.78 Å². The molecule has 5 rings (SSSR count). The number of aliphatic hydroxyl groups is 1. The Bertz CT molecular complexity index is 1260. The fourth-order valence-electron chi connectivity index (χ4n) is 4.98. The van der Waals surface area contributed by atoms with Crippen LogP contribution in [-0.4, -0.2) is 16.1 Å². The minimum atomic E-state index is -1.21. The highest BCUT2D eigenvalue weighted by molar-refractivity contribution is 5.76. The first kappa shape index (κ1) is 23.8. The van der Waals surface area contributed by atoms with Gasteiger partial charge in [0.1, 0.15) is 11.3 Å². The Morgan fingerprint density at radius 3 is 2.44 bits per heavy atom. The molecule has 1 heterocycles. The molecule has 1 aliphatic rings. The summed E-state index contributed by atoms with van der Waals surface area (Å²) < 4.78 is 6.41. The highest BCUT2D eigenvalue weighted by Crippen LogP contribution is 2.46. The molecule has 1 N–H and O–H groups in total. The van der Waals surface area contributed by atoms with E-state index in [0.717, 1.165) is 41.6 Å². The molecule has 1 saturated carbocycles. The van der Waals surface area contributed by atoms with Crippen LogP contribution >= 0.6 is 0 Å². The third kappa shape index (κ3) is 5.04. The van der Waals surface area contributed by atoms with E-state index in [1.807, 2.05) is 78.9 Å². The van der Waals surface area contributed by atoms with Gasteiger partial charge in [-0.25, -0.2) is 9.78 Å². The van der Waals surface area contributed by atoms with Gasteiger partial charge in [-0.1, -0.05) is 85.6 Å². The number of rotatable bonds is 7. The molecule has 0 bridgehead atoms. The van der Waals surface area contributed by atoms with Gasteiger partial charge >= 0.3 is 5.97 Å². The monoisotopic (exact) mass is 483 g/mol. The SMILES string of the molecule is CC(=O)OOc1cccc(C[C@@H]2CCCC[C@@]2(O)c2nc(-c3ccccc3)c(-c3ccccc3)o2)c1. The molecule has 1 aromatic heterocycles. The lowest BCUT2D eigenvalue weighted by Gasteiger charge is -2.37. The van der Waals surface area contributed by atoms with E-state index in [1.54, 1.807) is 6.07 Å². The van der Waals surface area contributed by atoms with Gasteiger partial charge in [0.25, 0.3) is 0 Å². The number of carbonyl (C=O) groups is 1. The number of oxazole rings is 1. The second-order valence-electron chi connectivity index (χ2n) is 9.31. The van der Waals surface area contributed by atoms with Crippen molar-refractivity contribution < 1.29 is 24.1 Å². The van der Waals surface area contributed by atoms with Crippen LogP contribution in [0, 0.1) is 5.92 Å². The second-order valence-corrected chi connectivity index (χ2v) is 9.31. The van der Waals surface area contributed by atoms with Crippen LogP contribution in [0.3, 0.4) is 0 Å². The number of hydrogen-bond donors (Lipinski definition) is 1. The molecule has 0 spiro atoms. The number of nitrogens with zero attached hydrogens (tertiary/aromatic N) is 1. The molecule has 4 aromatic rings. The highest BCUT2D eigenvalue weighted by atomic mass is 17.2. The maximum Gasteiger partial charge on any atom is 0.352 e. The molecule has 0 unspecified atom stereocenters. The summed E-state index contributed by atoms with van der Waals surface area (Å²) in [6.07, 6.45) is 3.94. The maximum atomic E-state index is 12.1. The first-order chi connectivity index (χ1) is 17.5. The number of carbonyl (C=O) groups excluding carboxylic acids is 1. The van der Waals surface area contributed by atoms with Crippen molar-refractivity contribution in [3.05, 3.63) is 96.4 Å². The summed E-state index contributed by atoms with van der Waals surface area (Å²) in [7, 11) is 0. The summed E-state index contributed by atoms with van der Waals surface area (Å²) in [5.41, 5.74) is 2.36. The summed E-state index contributed by atoms with van der Waals surface area (Å²) >= 11 is 0. The first-order valence-corrected chi connectivity index (χ1v) is 12.3. The topological polar surface area (TPSA) is 81.8 Å². The summed E-state index contributed by atoms with van der Waals surface area (Å²) in [6, 6.07) is 27.2. The predicted octanol–water partition coefficient (Wildman–Crippen LogP) is 6.49. The van der Waals surface area contributed by atoms with Gasteiger partial charge in [0.05, 0.1) is 0 Å². The number of hydrogen-bond acceptors (Lipinski definition) is 6. The molecule has 36 heavy (non-hydrogen) atoms. The zero-order chi connectivity index (χ0) is 25.0. The van der Waals surface area contributed by atoms with Crippen LogP contribution in [0.4, 0.5) is 0 Å². The van der Waals surface area contributed by atoms with Gasteiger partial charge in [-0.05, 0) is 37.0 Å². The average molecular weight is 484 g/mol. The molecule has 1 fully saturated rings. The van der Waals surface area contributed by atoms with E-state index in [9.17, 15) is 9.90 Å². The number of benzene rings is 3. The predicted molar refractivity (Wildman–Crippen MR) is 136 cm³/mol. The highest BCUT2D eigenvalue weighted by Gasteiger charge is 2.45. The third-order valence-electron chi connectivity index (χ3n) is 6.75. The molecule has 6 nitrogen and oxygen atoms in total. The summed E-state index contributed by atoms with van der Waals surface area (Å²) in [5, 5.41) is 12.1. The van der Waals surface area contributed by atoms with Gasteiger partial charge in [0.15, 0.2) is 11.5 Å². The van der Waals surface area contributed by atoms with E-state index < -0.39 is 11.6 Å². The largest absolute Gasteiger partial charge is 0.437 e. The lowest BCUT2D eigenvalue weighted by molar-refractivity contribution is -0.210. The van der Waals surface area contributed by atoms with Crippen LogP contribution in [0.2, 0.25) is 0 Å². The molecule has 0 aliphatic heterocycles. The lowest BCUT2D eigenvalue weighted by Crippen LogP contribution is -2.39. The van der Waals surface area contributed by atoms with E-state index in [-0.39, 0.29) is 5.92 Å². The van der Waals surface area contributed by atoms with E-state index in [2.05, 4.69) is 4.89 Å². The van der Waals surface area contributed by atoms with Crippen LogP contribution in [0.15, 0.2) is 89.3 Å². The summed E-state index contributed by atoms with van der Waals surface area (Å²) in [6.45, 7) is 1.29. The summed E-state index contributed by atoms with van der Waals surface area (Å²) in [5.74, 6) is 0.843. The van der Waals surface area contributed by atoms with Crippen LogP contribution < -0.4 is 4.89 Å². The second kappa shape index (κ2) is 10.4. The van der Waals surface area contributed by atoms with Crippen molar-refractivity contribution in [1.82, 2.24) is 4.98 Å². The van der Waals surface area contributed by atoms with E-state index in [0.29, 0.717) is 30.2 Å². The fraction of sp³-hybridized carbons (Fsp3) is 0.267. The van der Waals surface area contributed by atoms with E-state index in [1.165, 1.54) is 6.92 Å². The minimum absolute atomic E-state index is 0.0962. The van der Waals surface area contributed by atoms with Crippen molar-refractivity contribution in [2.24, 2.45) is 5.92 Å². The quantitative estimate of drug-likeness (QED) is 0.239. The van der Waals surface area contributed by atoms with Crippen molar-refractivity contribution in [3.63, 3.8) is 0 Å². The van der Waals surface area contributed by atoms with Crippen molar-refractivity contribution in [1.29, 1.82) is 0 Å². The van der Waals surface area contributed by atoms with Crippen LogP contribution in [0.25, 0.3) is 22.6 Å². The van der Waals surface area contributed by atoms with Gasteiger partial charge in [-0.15, -0.1) is 0 Å². The van der Waals surface area contributed by atoms with Crippen molar-refractivity contribution in [3.8, 4) is 28.3 Å². The molecule has 1 aliphatic carbocycles. The Hall–Kier alpha value is -3.90. The van der Waals surface area contributed by atoms with Gasteiger partial charge in [-0.2, -0.15) is 0 Å². The molecule has 0 radical (unpaired) electrons. The average Bonchev–Trinajstić information content (AvgIpc) is 3.37. The fourth-order valence-corrected chi connectivity index (χ4v) is 4.98. The van der Waals surface area contributed by atoms with E-state index in [4.69, 9.17) is 14.3 Å². The molecule has 0 saturated heterocycles. The minimum Gasteiger partial charge on any atom is -0.437 e. The van der Waals surface area contributed by atoms with E-state index >= 15 is 0 Å². The molecule has 184 valence electrons. The van der Waals surface area contributed by atoms with Crippen LogP contribution in [-0.2, 0) is 21.7 Å². The third-order valence-corrected chi connectivity index (χ3v) is 6.75. The van der Waals surface area contributed by atoms with Crippen LogP contribution in [0.1, 0.15) is 44.1 Å². The normalized spacial score (nSPS) is 19.6. The summed E-state index contributed by atoms with van der Waals surface area (Å²) in [4.78, 5) is 25.8. The molecule has 2 atom stereocenters. The number of aromatic nitrogens is 1. The Labute approximate surface area is 210 Å².